The number of aliphatic carboxylic acids is 1. The Morgan fingerprint density at radius 2 is 1.06 bits per heavy atom. The number of fused-ring (bicyclic) bond motifs is 1. The number of carboxylic acids is 1. The Morgan fingerprint density at radius 3 is 1.62 bits per heavy atom. The molecule has 4 aliphatic heterocycles. The van der Waals surface area contributed by atoms with Crippen molar-refractivity contribution in [1.82, 2.24) is 56.2 Å². The molecule has 0 saturated carbocycles. The van der Waals surface area contributed by atoms with Gasteiger partial charge in [0.2, 0.25) is 35.5 Å². The number of imide groups is 1. The molecule has 33 nitrogen and oxygen atoms in total. The number of hydrogen-bond acceptors (Lipinski definition) is 19. The molecule has 12 amide bonds. The first-order valence-electron chi connectivity index (χ1n) is 38.4. The van der Waals surface area contributed by atoms with Crippen molar-refractivity contribution in [1.29, 1.82) is 5.41 Å². The van der Waals surface area contributed by atoms with Crippen LogP contribution in [0.25, 0.3) is 0 Å². The van der Waals surface area contributed by atoms with E-state index in [-0.39, 0.29) is 121 Å². The first-order valence-corrected chi connectivity index (χ1v) is 38.4. The number of carboxylic acid groups (broad SMARTS) is 1. The summed E-state index contributed by atoms with van der Waals surface area (Å²) in [5.74, 6) is -11.4. The van der Waals surface area contributed by atoms with Gasteiger partial charge in [-0.15, -0.1) is 4.99 Å². The predicted molar refractivity (Wildman–Crippen MR) is 417 cm³/mol. The number of alkyl carbamates (subject to hydrolysis) is 1. The molecule has 4 heterocycles. The number of carbonyl (C=O) groups excluding carboxylic acids is 13. The smallest absolute Gasteiger partial charge is 0.437 e. The minimum absolute atomic E-state index is 0.0101. The van der Waals surface area contributed by atoms with Gasteiger partial charge in [-0.05, 0) is 111 Å². The molecule has 0 radical (unpaired) electrons. The second-order valence-corrected chi connectivity index (χ2v) is 28.3. The third-order valence-electron chi connectivity index (χ3n) is 20.2. The van der Waals surface area contributed by atoms with Gasteiger partial charge in [-0.2, -0.15) is 5.01 Å². The van der Waals surface area contributed by atoms with Gasteiger partial charge in [0.05, 0.1) is 36.2 Å². The number of rotatable bonds is 35. The van der Waals surface area contributed by atoms with E-state index in [1.54, 1.807) is 152 Å². The van der Waals surface area contributed by atoms with Crippen molar-refractivity contribution in [3.63, 3.8) is 0 Å². The van der Waals surface area contributed by atoms with Crippen LogP contribution in [0.3, 0.4) is 0 Å². The van der Waals surface area contributed by atoms with E-state index >= 15 is 9.59 Å². The lowest BCUT2D eigenvalue weighted by Gasteiger charge is -2.37. The van der Waals surface area contributed by atoms with E-state index < -0.39 is 170 Å². The average Bonchev–Trinajstić information content (AvgIpc) is 1.61. The summed E-state index contributed by atoms with van der Waals surface area (Å²) in [6.45, 7) is -3.31. The van der Waals surface area contributed by atoms with Gasteiger partial charge in [0, 0.05) is 58.0 Å². The van der Waals surface area contributed by atoms with Crippen molar-refractivity contribution in [3.05, 3.63) is 215 Å². The summed E-state index contributed by atoms with van der Waals surface area (Å²) < 4.78 is 16.6. The van der Waals surface area contributed by atoms with Crippen molar-refractivity contribution in [2.45, 2.75) is 134 Å². The molecule has 3 saturated heterocycles. The van der Waals surface area contributed by atoms with E-state index in [0.29, 0.717) is 45.7 Å². The molecule has 10 rings (SSSR count). The molecule has 0 unspecified atom stereocenters. The maximum absolute atomic E-state index is 15.5. The number of benzene rings is 6. The molecule has 610 valence electrons. The number of hydrogen-bond donors (Lipinski definition) is 9. The number of urea groups is 1. The zero-order valence-corrected chi connectivity index (χ0v) is 63.8. The molecule has 0 spiro atoms. The molecule has 6 aromatic rings. The van der Waals surface area contributed by atoms with Crippen LogP contribution in [0, 0.1) is 17.2 Å². The van der Waals surface area contributed by atoms with Gasteiger partial charge >= 0.3 is 30.3 Å². The number of Topliss-reactive ketones (excluding diaryl/α,β-unsaturated/α-hetero) is 2. The highest BCUT2D eigenvalue weighted by Crippen LogP contribution is 2.31. The second kappa shape index (κ2) is 42.1. The van der Waals surface area contributed by atoms with Crippen molar-refractivity contribution in [2.75, 3.05) is 52.4 Å². The predicted octanol–water partition coefficient (Wildman–Crippen LogP) is 5.78. The molecular weight excluding hydrogens is 1500 g/mol. The van der Waals surface area contributed by atoms with Crippen LogP contribution >= 0.6 is 0 Å². The SMILES string of the molecule is N=C(N)NCCC[C@H](CC(=O)[C@H](Cc1ccccc1)NC(=O)[C@@H]1CCCN1C(=O)[C@H](CO)NC(=O)[C@@H](CC(=O)CNC(=O)[C@@H]1CCCN1C(=O)[C@@H]1CCCN1C(=O)N(CCCN(C(=O)OCc1ccccc1)C(=NC(=O)OCc1ccccc1)NC(=O)OCc1ccccc1)N1C(=O)c2ccccc2C1=O)Cc1ccccc1)C(=O)O. The van der Waals surface area contributed by atoms with Gasteiger partial charge in [-0.3, -0.25) is 58.7 Å². The number of aliphatic imine (C=N–C) groups is 1. The number of aliphatic hydroxyl groups excluding tert-OH is 1. The van der Waals surface area contributed by atoms with Gasteiger partial charge < -0.3 is 66.1 Å². The molecule has 0 aromatic heterocycles. The number of ether oxygens (including phenoxy) is 3. The van der Waals surface area contributed by atoms with Crippen molar-refractivity contribution in [3.8, 4) is 0 Å². The Hall–Kier alpha value is -13.2. The average molecular weight is 1590 g/mol. The molecule has 0 bridgehead atoms. The molecule has 4 aliphatic rings. The highest BCUT2D eigenvalue weighted by Gasteiger charge is 2.48. The van der Waals surface area contributed by atoms with Gasteiger partial charge in [0.15, 0.2) is 17.5 Å². The Morgan fingerprint density at radius 1 is 0.552 bits per heavy atom. The first-order chi connectivity index (χ1) is 56.0. The van der Waals surface area contributed by atoms with Gasteiger partial charge in [-0.25, -0.2) is 29.1 Å². The number of nitrogens with zero attached hydrogens (tertiary/aromatic N) is 7. The Balaban J connectivity index is 0.808. The number of guanidine groups is 2. The monoisotopic (exact) mass is 1590 g/mol. The van der Waals surface area contributed by atoms with Crippen LogP contribution in [0.15, 0.2) is 181 Å². The quantitative estimate of drug-likeness (QED) is 0.00748. The molecule has 7 atom stereocenters. The summed E-state index contributed by atoms with van der Waals surface area (Å²) >= 11 is 0. The third-order valence-corrected chi connectivity index (χ3v) is 20.2. The fourth-order valence-electron chi connectivity index (χ4n) is 14.3. The molecule has 3 fully saturated rings. The van der Waals surface area contributed by atoms with Crippen molar-refractivity contribution in [2.24, 2.45) is 22.6 Å². The number of carbonyl (C=O) groups is 14. The highest BCUT2D eigenvalue weighted by atomic mass is 16.6. The van der Waals surface area contributed by atoms with Crippen LogP contribution in [0.5, 0.6) is 0 Å². The minimum Gasteiger partial charge on any atom is -0.481 e. The number of ketones is 2. The van der Waals surface area contributed by atoms with Crippen molar-refractivity contribution < 1.29 is 91.5 Å². The normalized spacial score (nSPS) is 16.7. The Bertz CT molecular complexity index is 4510. The summed E-state index contributed by atoms with van der Waals surface area (Å²) in [5, 5.41) is 42.6. The van der Waals surface area contributed by atoms with Gasteiger partial charge in [0.1, 0.15) is 44.0 Å². The number of aliphatic hydroxyl groups is 1. The summed E-state index contributed by atoms with van der Waals surface area (Å²) in [6, 6.07) is 41.4. The van der Waals surface area contributed by atoms with Crippen LogP contribution in [0.1, 0.15) is 119 Å². The summed E-state index contributed by atoms with van der Waals surface area (Å²) in [7, 11) is 0. The molecule has 10 N–H and O–H groups in total. The fourth-order valence-corrected chi connectivity index (χ4v) is 14.3. The Kier molecular flexibility index (Phi) is 30.9. The lowest BCUT2D eigenvalue weighted by atomic mass is 9.91. The largest absolute Gasteiger partial charge is 0.481 e. The molecule has 116 heavy (non-hydrogen) atoms. The first kappa shape index (κ1) is 85.2. The summed E-state index contributed by atoms with van der Waals surface area (Å²) in [5.41, 5.74) is 8.27. The minimum atomic E-state index is -1.63. The number of likely N-dealkylation sites (tertiary alicyclic amines) is 3. The van der Waals surface area contributed by atoms with Crippen LogP contribution < -0.4 is 32.3 Å². The Labute approximate surface area is 668 Å². The van der Waals surface area contributed by atoms with E-state index in [1.165, 1.54) is 39.0 Å². The fraction of sp³-hybridized carbons (Fsp3) is 0.373. The van der Waals surface area contributed by atoms with Crippen LogP contribution in [0.4, 0.5) is 19.2 Å². The lowest BCUT2D eigenvalue weighted by Crippen LogP contribution is -2.59. The topological polar surface area (TPSA) is 449 Å². The van der Waals surface area contributed by atoms with E-state index in [0.717, 1.165) is 9.91 Å². The van der Waals surface area contributed by atoms with Gasteiger partial charge in [-0.1, -0.05) is 164 Å². The standard InChI is InChI=1S/C83H94N14O19/c84-78(85)86-39-18-33-59(77(108)109)48-69(100)64(46-55-25-8-2-9-26-55)88-72(103)67-37-20-40-92(67)75(106)65(50-98)89-70(101)60(45-54-23-6-1-7-24-54)47-61(99)49-87-71(102)66-36-19-41-93(66)76(107)68-38-21-42-94(68)82(112)96(97-73(104)62-34-16-17-35-63(62)74(97)105)44-22-43-95(83(113)116-53-58-31-14-5-15-32-58)79(90-80(110)114-51-56-27-10-3-11-28-56)91-81(111)115-52-57-29-12-4-13-30-57/h1-17,23-32,34-35,59-60,64-68,98H,18-22,33,36-53H2,(H,87,102)(H,88,103)(H,89,101)(H,108,109)(H4,84,85,86)(H,90,91,110,111)/t59-,60-,64+,65+,66+,67+,68+/m1/s1. The maximum atomic E-state index is 15.5. The number of amides is 12. The van der Waals surface area contributed by atoms with E-state index in [2.05, 4.69) is 31.6 Å². The second-order valence-electron chi connectivity index (χ2n) is 28.3. The third kappa shape index (κ3) is 23.5. The number of hydrazine groups is 1. The maximum Gasteiger partial charge on any atom is 0.437 e. The van der Waals surface area contributed by atoms with Crippen LogP contribution in [0.2, 0.25) is 0 Å². The van der Waals surface area contributed by atoms with E-state index in [4.69, 9.17) is 25.4 Å². The van der Waals surface area contributed by atoms with Gasteiger partial charge in [0.25, 0.3) is 11.8 Å². The lowest BCUT2D eigenvalue weighted by molar-refractivity contribution is -0.145. The molecule has 0 aliphatic carbocycles. The zero-order valence-electron chi connectivity index (χ0n) is 63.8. The number of nitrogens with one attached hydrogen (secondary N) is 6. The molecule has 6 aromatic carbocycles. The van der Waals surface area contributed by atoms with E-state index in [9.17, 15) is 67.7 Å². The van der Waals surface area contributed by atoms with Crippen LogP contribution in [-0.4, -0.2) is 218 Å². The van der Waals surface area contributed by atoms with Crippen molar-refractivity contribution >= 4 is 95.1 Å². The highest BCUT2D eigenvalue weighted by molar-refractivity contribution is 6.21. The number of nitrogens with two attached hydrogens (primary N) is 1. The van der Waals surface area contributed by atoms with E-state index in [1.807, 2.05) is 0 Å². The van der Waals surface area contributed by atoms with Crippen LogP contribution in [-0.2, 0) is 85.2 Å². The summed E-state index contributed by atoms with van der Waals surface area (Å²) in [4.78, 5) is 208. The summed E-state index contributed by atoms with van der Waals surface area (Å²) in [6.07, 6.45) is -3.37. The molecular formula is C83H94N14O19. The zero-order chi connectivity index (χ0) is 82.6. The molecule has 33 heteroatoms.